The Bertz CT molecular complexity index is 1160. The number of rotatable bonds is 3. The Kier molecular flexibility index (Phi) is 5.62. The highest BCUT2D eigenvalue weighted by atomic mass is 19.4. The van der Waals surface area contributed by atoms with Crippen molar-refractivity contribution in [2.24, 2.45) is 0 Å². The first-order valence-electron chi connectivity index (χ1n) is 10.1. The summed E-state index contributed by atoms with van der Waals surface area (Å²) in [6.45, 7) is 1.57. The summed E-state index contributed by atoms with van der Waals surface area (Å²) in [4.78, 5) is 26.1. The minimum absolute atomic E-state index is 0.0426. The van der Waals surface area contributed by atoms with Crippen LogP contribution in [0.5, 0.6) is 0 Å². The lowest BCUT2D eigenvalue weighted by molar-refractivity contribution is -0.138. The minimum Gasteiger partial charge on any atom is -0.362 e. The lowest BCUT2D eigenvalue weighted by Crippen LogP contribution is -2.36. The van der Waals surface area contributed by atoms with Crippen LogP contribution in [0.25, 0.3) is 0 Å². The highest BCUT2D eigenvalue weighted by molar-refractivity contribution is 6.09. The largest absolute Gasteiger partial charge is 0.416 e. The molecular formula is C24H20F4N2O2. The molecule has 4 nitrogen and oxygen atoms in total. The van der Waals surface area contributed by atoms with Gasteiger partial charge in [-0.05, 0) is 43.5 Å². The number of carbonyl (C=O) groups is 2. The van der Waals surface area contributed by atoms with Crippen molar-refractivity contribution in [3.63, 3.8) is 0 Å². The molecule has 0 unspecified atom stereocenters. The van der Waals surface area contributed by atoms with Crippen molar-refractivity contribution in [3.8, 4) is 0 Å². The molecule has 0 spiro atoms. The van der Waals surface area contributed by atoms with Crippen LogP contribution >= 0.6 is 0 Å². The van der Waals surface area contributed by atoms with Crippen molar-refractivity contribution in [2.75, 3.05) is 5.32 Å². The van der Waals surface area contributed by atoms with E-state index in [9.17, 15) is 27.2 Å². The SMILES string of the molecule is CC1=C(C(=O)Nc2ccccc2F)[C@H](c2ccccc2C(F)(F)F)C2=C(CCCC2=O)N1. The number of halogens is 4. The van der Waals surface area contributed by atoms with Crippen molar-refractivity contribution < 1.29 is 27.2 Å². The summed E-state index contributed by atoms with van der Waals surface area (Å²) < 4.78 is 55.7. The monoisotopic (exact) mass is 444 g/mol. The van der Waals surface area contributed by atoms with Gasteiger partial charge in [0.1, 0.15) is 5.82 Å². The fourth-order valence-corrected chi connectivity index (χ4v) is 4.35. The van der Waals surface area contributed by atoms with Crippen LogP contribution in [-0.2, 0) is 15.8 Å². The summed E-state index contributed by atoms with van der Waals surface area (Å²) in [5.41, 5.74) is -0.215. The second-order valence-corrected chi connectivity index (χ2v) is 7.78. The quantitative estimate of drug-likeness (QED) is 0.619. The Morgan fingerprint density at radius 3 is 2.47 bits per heavy atom. The van der Waals surface area contributed by atoms with Crippen LogP contribution in [0.1, 0.15) is 43.2 Å². The maximum absolute atomic E-state index is 14.1. The van der Waals surface area contributed by atoms with E-state index >= 15 is 0 Å². The number of ketones is 1. The molecule has 0 bridgehead atoms. The summed E-state index contributed by atoms with van der Waals surface area (Å²) >= 11 is 0. The molecule has 2 aliphatic rings. The third-order valence-corrected chi connectivity index (χ3v) is 5.72. The average molecular weight is 444 g/mol. The number of amides is 1. The van der Waals surface area contributed by atoms with E-state index in [1.165, 1.54) is 36.4 Å². The molecule has 4 rings (SSSR count). The van der Waals surface area contributed by atoms with Crippen LogP contribution in [0, 0.1) is 5.82 Å². The van der Waals surface area contributed by atoms with Crippen molar-refractivity contribution in [1.29, 1.82) is 0 Å². The highest BCUT2D eigenvalue weighted by Gasteiger charge is 2.43. The summed E-state index contributed by atoms with van der Waals surface area (Å²) in [7, 11) is 0. The molecule has 2 aromatic carbocycles. The van der Waals surface area contributed by atoms with E-state index in [1.54, 1.807) is 6.92 Å². The van der Waals surface area contributed by atoms with Crippen molar-refractivity contribution in [2.45, 2.75) is 38.3 Å². The predicted octanol–water partition coefficient (Wildman–Crippen LogP) is 5.45. The van der Waals surface area contributed by atoms with Crippen LogP contribution in [0.2, 0.25) is 0 Å². The number of dihydropyridines is 1. The van der Waals surface area contributed by atoms with E-state index in [4.69, 9.17) is 0 Å². The molecule has 0 aromatic heterocycles. The van der Waals surface area contributed by atoms with Gasteiger partial charge < -0.3 is 10.6 Å². The number of anilines is 1. The van der Waals surface area contributed by atoms with E-state index in [-0.39, 0.29) is 34.6 Å². The maximum atomic E-state index is 14.1. The van der Waals surface area contributed by atoms with Gasteiger partial charge in [0, 0.05) is 34.9 Å². The maximum Gasteiger partial charge on any atom is 0.416 e. The molecule has 0 saturated heterocycles. The molecule has 166 valence electrons. The number of para-hydroxylation sites is 1. The van der Waals surface area contributed by atoms with E-state index < -0.39 is 29.4 Å². The molecular weight excluding hydrogens is 424 g/mol. The molecule has 0 radical (unpaired) electrons. The minimum atomic E-state index is -4.68. The lowest BCUT2D eigenvalue weighted by atomic mass is 9.73. The second-order valence-electron chi connectivity index (χ2n) is 7.78. The Balaban J connectivity index is 1.88. The number of hydrogen-bond acceptors (Lipinski definition) is 3. The van der Waals surface area contributed by atoms with Crippen LogP contribution in [0.4, 0.5) is 23.2 Å². The van der Waals surface area contributed by atoms with E-state index in [0.29, 0.717) is 24.2 Å². The zero-order valence-corrected chi connectivity index (χ0v) is 17.1. The first-order chi connectivity index (χ1) is 15.2. The standard InChI is InChI=1S/C24H20F4N2O2/c1-13-20(23(32)30-17-10-5-4-9-16(17)25)21(22-18(29-13)11-6-12-19(22)31)14-7-2-3-8-15(14)24(26,27)28/h2-5,7-10,21,29H,6,11-12H2,1H3,(H,30,32)/t21-/m0/s1. The molecule has 1 aliphatic carbocycles. The van der Waals surface area contributed by atoms with Crippen molar-refractivity contribution in [1.82, 2.24) is 5.32 Å². The fourth-order valence-electron chi connectivity index (χ4n) is 4.35. The van der Waals surface area contributed by atoms with Crippen molar-refractivity contribution in [3.05, 3.63) is 88.0 Å². The van der Waals surface area contributed by atoms with Gasteiger partial charge in [-0.15, -0.1) is 0 Å². The number of carbonyl (C=O) groups excluding carboxylic acids is 2. The molecule has 8 heteroatoms. The van der Waals surface area contributed by atoms with Gasteiger partial charge in [0.2, 0.25) is 0 Å². The van der Waals surface area contributed by atoms with E-state index in [2.05, 4.69) is 10.6 Å². The number of nitrogens with one attached hydrogen (secondary N) is 2. The topological polar surface area (TPSA) is 58.2 Å². The molecule has 32 heavy (non-hydrogen) atoms. The number of allylic oxidation sites excluding steroid dienone is 3. The second kappa shape index (κ2) is 8.26. The van der Waals surface area contributed by atoms with Gasteiger partial charge in [0.25, 0.3) is 5.91 Å². The lowest BCUT2D eigenvalue weighted by Gasteiger charge is -2.35. The third kappa shape index (κ3) is 3.92. The zero-order valence-electron chi connectivity index (χ0n) is 17.1. The van der Waals surface area contributed by atoms with Gasteiger partial charge in [-0.25, -0.2) is 4.39 Å². The van der Waals surface area contributed by atoms with E-state index in [0.717, 1.165) is 12.1 Å². The third-order valence-electron chi connectivity index (χ3n) is 5.72. The normalized spacial score (nSPS) is 18.9. The van der Waals surface area contributed by atoms with E-state index in [1.807, 2.05) is 0 Å². The Hall–Kier alpha value is -3.42. The molecule has 2 N–H and O–H groups in total. The molecule has 1 heterocycles. The van der Waals surface area contributed by atoms with Crippen LogP contribution in [-0.4, -0.2) is 11.7 Å². The summed E-state index contributed by atoms with van der Waals surface area (Å²) in [6.07, 6.45) is -3.43. The first kappa shape index (κ1) is 21.8. The van der Waals surface area contributed by atoms with Gasteiger partial charge in [-0.1, -0.05) is 30.3 Å². The fraction of sp³-hybridized carbons (Fsp3) is 0.250. The Morgan fingerprint density at radius 1 is 1.06 bits per heavy atom. The van der Waals surface area contributed by atoms with Crippen LogP contribution in [0.15, 0.2) is 71.1 Å². The van der Waals surface area contributed by atoms with Crippen LogP contribution < -0.4 is 10.6 Å². The van der Waals surface area contributed by atoms with Gasteiger partial charge >= 0.3 is 6.18 Å². The molecule has 1 amide bonds. The summed E-state index contributed by atoms with van der Waals surface area (Å²) in [6, 6.07) is 10.4. The smallest absolute Gasteiger partial charge is 0.362 e. The number of Topliss-reactive ketones (excluding diaryl/α,β-unsaturated/α-hetero) is 1. The molecule has 2 aromatic rings. The van der Waals surface area contributed by atoms with Gasteiger partial charge in [0.15, 0.2) is 5.78 Å². The Morgan fingerprint density at radius 2 is 1.75 bits per heavy atom. The van der Waals surface area contributed by atoms with Gasteiger partial charge in [-0.2, -0.15) is 13.2 Å². The molecule has 1 atom stereocenters. The molecule has 1 aliphatic heterocycles. The Labute approximate surface area is 182 Å². The van der Waals surface area contributed by atoms with Crippen LogP contribution in [0.3, 0.4) is 0 Å². The average Bonchev–Trinajstić information content (AvgIpc) is 2.74. The van der Waals surface area contributed by atoms with Gasteiger partial charge in [0.05, 0.1) is 11.3 Å². The number of hydrogen-bond donors (Lipinski definition) is 2. The van der Waals surface area contributed by atoms with Gasteiger partial charge in [-0.3, -0.25) is 9.59 Å². The first-order valence-corrected chi connectivity index (χ1v) is 10.1. The summed E-state index contributed by atoms with van der Waals surface area (Å²) in [5, 5.41) is 5.49. The number of benzene rings is 2. The molecule has 0 saturated carbocycles. The number of alkyl halides is 3. The highest BCUT2D eigenvalue weighted by Crippen LogP contribution is 2.46. The zero-order chi connectivity index (χ0) is 23.0. The van der Waals surface area contributed by atoms with Crippen molar-refractivity contribution >= 4 is 17.4 Å². The summed E-state index contributed by atoms with van der Waals surface area (Å²) in [5.74, 6) is -2.97. The predicted molar refractivity (Wildman–Crippen MR) is 111 cm³/mol. The molecule has 0 fully saturated rings.